The number of aldehydes is 1. The molecule has 0 bridgehead atoms. The summed E-state index contributed by atoms with van der Waals surface area (Å²) in [6.45, 7) is 0. The lowest BCUT2D eigenvalue weighted by Crippen LogP contribution is -2.46. The molecule has 0 aromatic heterocycles. The molecule has 2 atom stereocenters. The monoisotopic (exact) mass is 222 g/mol. The topological polar surface area (TPSA) is 46.5 Å². The first kappa shape index (κ1) is 10.7. The van der Waals surface area contributed by atoms with E-state index in [1.54, 1.807) is 0 Å². The van der Waals surface area contributed by atoms with Crippen LogP contribution in [-0.2, 0) is 9.53 Å². The third kappa shape index (κ3) is 1.79. The average molecular weight is 223 g/mol. The Morgan fingerprint density at radius 1 is 1.62 bits per heavy atom. The smallest absolute Gasteiger partial charge is 0.207 e. The average Bonchev–Trinajstić information content (AvgIpc) is 2.10. The highest BCUT2D eigenvalue weighted by molar-refractivity contribution is 6.35. The molecular weight excluding hydrogens is 215 g/mol. The molecule has 0 radical (unpaired) electrons. The van der Waals surface area contributed by atoms with Crippen LogP contribution in [0.15, 0.2) is 23.8 Å². The maximum atomic E-state index is 10.4. The summed E-state index contributed by atoms with van der Waals surface area (Å²) in [5.41, 5.74) is 0.308. The fourth-order valence-corrected chi connectivity index (χ4v) is 1.34. The van der Waals surface area contributed by atoms with Gasteiger partial charge >= 0.3 is 0 Å². The minimum Gasteiger partial charge on any atom is -0.368 e. The van der Waals surface area contributed by atoms with Gasteiger partial charge < -0.3 is 9.84 Å². The Morgan fingerprint density at radius 3 is 2.69 bits per heavy atom. The van der Waals surface area contributed by atoms with Crippen molar-refractivity contribution in [2.75, 3.05) is 7.11 Å². The molecule has 1 aliphatic carbocycles. The first-order valence-corrected chi connectivity index (χ1v) is 4.23. The van der Waals surface area contributed by atoms with Gasteiger partial charge in [-0.1, -0.05) is 29.3 Å². The van der Waals surface area contributed by atoms with E-state index in [4.69, 9.17) is 27.9 Å². The van der Waals surface area contributed by atoms with Crippen LogP contribution in [-0.4, -0.2) is 28.6 Å². The molecule has 0 amide bonds. The molecule has 0 aliphatic heterocycles. The van der Waals surface area contributed by atoms with Crippen LogP contribution in [0.1, 0.15) is 0 Å². The Bertz CT molecular complexity index is 283. The van der Waals surface area contributed by atoms with Gasteiger partial charge in [-0.3, -0.25) is 4.79 Å². The second-order valence-electron chi connectivity index (χ2n) is 2.62. The van der Waals surface area contributed by atoms with E-state index < -0.39 is 10.1 Å². The molecular formula is C8H8Cl2O3. The van der Waals surface area contributed by atoms with Crippen LogP contribution < -0.4 is 0 Å². The lowest BCUT2D eigenvalue weighted by atomic mass is 10.0. The normalized spacial score (nSPS) is 38.6. The van der Waals surface area contributed by atoms with E-state index in [0.717, 1.165) is 0 Å². The SMILES string of the molecule is COC1(Cl)C=C(C=O)C=CC1(O)Cl. The van der Waals surface area contributed by atoms with E-state index in [-0.39, 0.29) is 0 Å². The molecule has 1 aliphatic rings. The minimum absolute atomic E-state index is 0.308. The van der Waals surface area contributed by atoms with Gasteiger partial charge in [0.05, 0.1) is 0 Å². The summed E-state index contributed by atoms with van der Waals surface area (Å²) in [5.74, 6) is 0. The molecule has 1 N–H and O–H groups in total. The molecule has 0 heterocycles. The number of halogens is 2. The minimum atomic E-state index is -1.84. The van der Waals surface area contributed by atoms with Gasteiger partial charge in [-0.05, 0) is 12.2 Å². The standard InChI is InChI=1S/C8H8Cl2O3/c1-13-8(10)4-6(5-11)2-3-7(8,9)12/h2-5,12H,1H3. The Kier molecular flexibility index (Phi) is 2.82. The molecule has 0 saturated carbocycles. The van der Waals surface area contributed by atoms with E-state index >= 15 is 0 Å². The summed E-state index contributed by atoms with van der Waals surface area (Å²) in [5, 5.41) is 6.13. The van der Waals surface area contributed by atoms with E-state index in [1.165, 1.54) is 25.3 Å². The summed E-state index contributed by atoms with van der Waals surface area (Å²) < 4.78 is 4.82. The second kappa shape index (κ2) is 3.42. The summed E-state index contributed by atoms with van der Waals surface area (Å²) in [7, 11) is 1.29. The fourth-order valence-electron chi connectivity index (χ4n) is 0.959. The Morgan fingerprint density at radius 2 is 2.23 bits per heavy atom. The van der Waals surface area contributed by atoms with E-state index in [2.05, 4.69) is 0 Å². The van der Waals surface area contributed by atoms with Gasteiger partial charge in [-0.2, -0.15) is 0 Å². The highest BCUT2D eigenvalue weighted by Crippen LogP contribution is 2.39. The summed E-state index contributed by atoms with van der Waals surface area (Å²) >= 11 is 11.5. The van der Waals surface area contributed by atoms with Crippen LogP contribution >= 0.6 is 23.2 Å². The first-order chi connectivity index (χ1) is 5.95. The molecule has 1 rings (SSSR count). The van der Waals surface area contributed by atoms with Crippen molar-refractivity contribution in [1.29, 1.82) is 0 Å². The number of carbonyl (C=O) groups is 1. The number of rotatable bonds is 2. The Balaban J connectivity index is 3.10. The molecule has 5 heteroatoms. The third-order valence-corrected chi connectivity index (χ3v) is 2.82. The molecule has 0 aromatic carbocycles. The van der Waals surface area contributed by atoms with Crippen molar-refractivity contribution in [3.8, 4) is 0 Å². The van der Waals surface area contributed by atoms with Gasteiger partial charge in [-0.15, -0.1) is 0 Å². The highest BCUT2D eigenvalue weighted by atomic mass is 35.5. The molecule has 0 aromatic rings. The molecule has 0 fully saturated rings. The predicted octanol–water partition coefficient (Wildman–Crippen LogP) is 1.19. The maximum Gasteiger partial charge on any atom is 0.207 e. The largest absolute Gasteiger partial charge is 0.368 e. The van der Waals surface area contributed by atoms with Crippen molar-refractivity contribution >= 4 is 29.5 Å². The van der Waals surface area contributed by atoms with Gasteiger partial charge in [-0.25, -0.2) is 0 Å². The summed E-state index contributed by atoms with van der Waals surface area (Å²) in [6.07, 6.45) is 4.43. The van der Waals surface area contributed by atoms with Crippen molar-refractivity contribution in [3.63, 3.8) is 0 Å². The van der Waals surface area contributed by atoms with Crippen molar-refractivity contribution in [2.24, 2.45) is 0 Å². The second-order valence-corrected chi connectivity index (χ2v) is 3.76. The van der Waals surface area contributed by atoms with Gasteiger partial charge in [0.1, 0.15) is 6.29 Å². The lowest BCUT2D eigenvalue weighted by molar-refractivity contribution is -0.104. The van der Waals surface area contributed by atoms with Crippen LogP contribution in [0.5, 0.6) is 0 Å². The lowest BCUT2D eigenvalue weighted by Gasteiger charge is -2.34. The zero-order valence-corrected chi connectivity index (χ0v) is 8.34. The quantitative estimate of drug-likeness (QED) is 0.565. The van der Waals surface area contributed by atoms with Crippen molar-refractivity contribution in [3.05, 3.63) is 23.8 Å². The fraction of sp³-hybridized carbons (Fsp3) is 0.375. The van der Waals surface area contributed by atoms with Crippen LogP contribution in [0.25, 0.3) is 0 Å². The number of methoxy groups -OCH3 is 1. The van der Waals surface area contributed by atoms with Crippen LogP contribution in [0.3, 0.4) is 0 Å². The highest BCUT2D eigenvalue weighted by Gasteiger charge is 2.47. The number of carbonyl (C=O) groups excluding carboxylic acids is 1. The molecule has 0 saturated heterocycles. The number of allylic oxidation sites excluding steroid dienone is 2. The van der Waals surface area contributed by atoms with Crippen molar-refractivity contribution in [2.45, 2.75) is 10.1 Å². The van der Waals surface area contributed by atoms with Gasteiger partial charge in [0, 0.05) is 12.7 Å². The third-order valence-electron chi connectivity index (χ3n) is 1.76. The van der Waals surface area contributed by atoms with Crippen LogP contribution in [0, 0.1) is 0 Å². The Hall–Kier alpha value is -0.350. The predicted molar refractivity (Wildman–Crippen MR) is 49.7 cm³/mol. The summed E-state index contributed by atoms with van der Waals surface area (Å²) in [6, 6.07) is 0. The zero-order chi connectivity index (χ0) is 10.1. The van der Waals surface area contributed by atoms with Gasteiger partial charge in [0.25, 0.3) is 0 Å². The first-order valence-electron chi connectivity index (χ1n) is 3.48. The number of hydrogen-bond donors (Lipinski definition) is 1. The van der Waals surface area contributed by atoms with Crippen LogP contribution in [0.4, 0.5) is 0 Å². The van der Waals surface area contributed by atoms with Crippen LogP contribution in [0.2, 0.25) is 0 Å². The van der Waals surface area contributed by atoms with Gasteiger partial charge in [0.15, 0.2) is 0 Å². The number of ether oxygens (including phenoxy) is 1. The molecule has 72 valence electrons. The van der Waals surface area contributed by atoms with E-state index in [1.807, 2.05) is 0 Å². The number of hydrogen-bond acceptors (Lipinski definition) is 3. The molecule has 13 heavy (non-hydrogen) atoms. The Labute approximate surface area is 85.6 Å². The molecule has 3 nitrogen and oxygen atoms in total. The van der Waals surface area contributed by atoms with E-state index in [9.17, 15) is 9.90 Å². The number of aliphatic hydroxyl groups is 1. The molecule has 0 spiro atoms. The van der Waals surface area contributed by atoms with E-state index in [0.29, 0.717) is 11.9 Å². The molecule has 2 unspecified atom stereocenters. The van der Waals surface area contributed by atoms with Gasteiger partial charge in [0.2, 0.25) is 10.1 Å². The summed E-state index contributed by atoms with van der Waals surface area (Å²) in [4.78, 5) is 10.4. The number of alkyl halides is 2. The maximum absolute atomic E-state index is 10.4. The van der Waals surface area contributed by atoms with Crippen molar-refractivity contribution in [1.82, 2.24) is 0 Å². The zero-order valence-electron chi connectivity index (χ0n) is 6.83. The van der Waals surface area contributed by atoms with Crippen molar-refractivity contribution < 1.29 is 14.6 Å².